The molecule has 0 radical (unpaired) electrons. The maximum Gasteiger partial charge on any atom is 0.304 e. The van der Waals surface area contributed by atoms with Crippen molar-refractivity contribution < 1.29 is 44.1 Å². The van der Waals surface area contributed by atoms with Crippen molar-refractivity contribution in [3.05, 3.63) is 71.6 Å². The van der Waals surface area contributed by atoms with Crippen LogP contribution in [-0.2, 0) is 35.2 Å². The second kappa shape index (κ2) is 16.9. The van der Waals surface area contributed by atoms with E-state index in [2.05, 4.69) is 16.8 Å². The Morgan fingerprint density at radius 3 is 2.00 bits per heavy atom. The summed E-state index contributed by atoms with van der Waals surface area (Å²) < 4.78 is 0. The Morgan fingerprint density at radius 2 is 1.40 bits per heavy atom. The van der Waals surface area contributed by atoms with E-state index in [9.17, 15) is 39.0 Å². The third-order valence-electron chi connectivity index (χ3n) is 7.36. The monoisotopic (exact) mass is 636 g/mol. The van der Waals surface area contributed by atoms with Crippen molar-refractivity contribution in [1.82, 2.24) is 5.32 Å². The van der Waals surface area contributed by atoms with Crippen LogP contribution in [0.3, 0.4) is 0 Å². The van der Waals surface area contributed by atoms with Gasteiger partial charge in [0.1, 0.15) is 0 Å². The highest BCUT2D eigenvalue weighted by Gasteiger charge is 2.30. The van der Waals surface area contributed by atoms with Gasteiger partial charge in [0.05, 0.1) is 18.4 Å². The molecule has 0 saturated carbocycles. The number of carboxylic acid groups (broad SMARTS) is 3. The van der Waals surface area contributed by atoms with Crippen molar-refractivity contribution in [2.24, 2.45) is 17.6 Å². The number of carboxylic acids is 3. The minimum Gasteiger partial charge on any atom is -0.481 e. The van der Waals surface area contributed by atoms with Gasteiger partial charge in [-0.2, -0.15) is 0 Å². The number of primary amides is 1. The zero-order valence-electron chi connectivity index (χ0n) is 24.5. The molecule has 3 aromatic rings. The lowest BCUT2D eigenvalue weighted by Crippen LogP contribution is -2.46. The molecule has 6 N–H and O–H groups in total. The third-order valence-corrected chi connectivity index (χ3v) is 8.34. The van der Waals surface area contributed by atoms with Crippen LogP contribution in [0.4, 0.5) is 0 Å². The van der Waals surface area contributed by atoms with E-state index in [4.69, 9.17) is 10.8 Å². The number of carbonyl (C=O) groups excluding carboxylic acids is 3. The van der Waals surface area contributed by atoms with Gasteiger partial charge in [-0.25, -0.2) is 0 Å². The fraction of sp³-hybridized carbons (Fsp3) is 0.333. The standard InChI is InChI=1S/C33H36N2O9S/c34-32(43)23(7-4-8-29(37)38)16-27(36)26(13-14-30(39)40)35-33(44)24(18-31(41)42)15-20-9-11-22(12-10-20)28-17-25(19-45-28)21-5-2-1-3-6-21/h1-3,5-6,9-12,17,19,23-24,26H,4,7-8,13-16,18H2,(H2,34,43)(H,35,44)(H,37,38)(H,39,40)(H,41,42)/t23-,24-,26+/m1/s1. The molecule has 2 amide bonds. The van der Waals surface area contributed by atoms with Crippen LogP contribution in [0.2, 0.25) is 0 Å². The summed E-state index contributed by atoms with van der Waals surface area (Å²) in [6.07, 6.45) is -1.73. The summed E-state index contributed by atoms with van der Waals surface area (Å²) >= 11 is 1.59. The summed E-state index contributed by atoms with van der Waals surface area (Å²) in [5.41, 5.74) is 9.25. The van der Waals surface area contributed by atoms with Crippen molar-refractivity contribution in [2.45, 2.75) is 57.4 Å². The molecule has 0 aliphatic rings. The second-order valence-electron chi connectivity index (χ2n) is 10.8. The van der Waals surface area contributed by atoms with E-state index in [1.807, 2.05) is 42.5 Å². The van der Waals surface area contributed by atoms with Gasteiger partial charge < -0.3 is 26.4 Å². The first-order valence-corrected chi connectivity index (χ1v) is 15.3. The van der Waals surface area contributed by atoms with Crippen molar-refractivity contribution in [3.63, 3.8) is 0 Å². The van der Waals surface area contributed by atoms with Crippen LogP contribution >= 0.6 is 11.3 Å². The molecule has 0 spiro atoms. The number of thiophene rings is 1. The minimum atomic E-state index is -1.30. The van der Waals surface area contributed by atoms with Crippen LogP contribution in [0.5, 0.6) is 0 Å². The molecule has 0 unspecified atom stereocenters. The second-order valence-corrected chi connectivity index (χ2v) is 11.7. The Labute approximate surface area is 264 Å². The Kier molecular flexibility index (Phi) is 13.0. The van der Waals surface area contributed by atoms with E-state index in [0.717, 1.165) is 21.6 Å². The van der Waals surface area contributed by atoms with Gasteiger partial charge in [0, 0.05) is 30.1 Å². The molecule has 3 atom stereocenters. The molecule has 0 aliphatic heterocycles. The Hall–Kier alpha value is -4.84. The van der Waals surface area contributed by atoms with Crippen LogP contribution in [0.15, 0.2) is 66.0 Å². The number of rotatable bonds is 19. The largest absolute Gasteiger partial charge is 0.481 e. The predicted octanol–water partition coefficient (Wildman–Crippen LogP) is 4.38. The molecule has 0 bridgehead atoms. The first kappa shape index (κ1) is 34.6. The minimum absolute atomic E-state index is 0.0314. The number of hydrogen-bond donors (Lipinski definition) is 5. The maximum absolute atomic E-state index is 13.3. The fourth-order valence-electron chi connectivity index (χ4n) is 4.93. The van der Waals surface area contributed by atoms with Gasteiger partial charge in [0.2, 0.25) is 11.8 Å². The Morgan fingerprint density at radius 1 is 0.733 bits per heavy atom. The molecular formula is C33H36N2O9S. The van der Waals surface area contributed by atoms with Gasteiger partial charge in [0.15, 0.2) is 5.78 Å². The topological polar surface area (TPSA) is 201 Å². The average Bonchev–Trinajstić information content (AvgIpc) is 3.49. The molecule has 1 aromatic heterocycles. The Bertz CT molecular complexity index is 1500. The molecule has 2 aromatic carbocycles. The molecule has 0 aliphatic carbocycles. The van der Waals surface area contributed by atoms with Crippen LogP contribution in [0.1, 0.15) is 50.5 Å². The van der Waals surface area contributed by atoms with Crippen LogP contribution in [0, 0.1) is 11.8 Å². The maximum atomic E-state index is 13.3. The number of carbonyl (C=O) groups is 6. The summed E-state index contributed by atoms with van der Waals surface area (Å²) in [6.45, 7) is 0. The highest BCUT2D eigenvalue weighted by atomic mass is 32.1. The lowest BCUT2D eigenvalue weighted by molar-refractivity contribution is -0.141. The van der Waals surface area contributed by atoms with E-state index < -0.39 is 72.6 Å². The van der Waals surface area contributed by atoms with Crippen molar-refractivity contribution in [3.8, 4) is 21.6 Å². The number of amides is 2. The highest BCUT2D eigenvalue weighted by Crippen LogP contribution is 2.33. The van der Waals surface area contributed by atoms with E-state index in [0.29, 0.717) is 5.56 Å². The van der Waals surface area contributed by atoms with Gasteiger partial charge in [-0.05, 0) is 59.4 Å². The van der Waals surface area contributed by atoms with Crippen molar-refractivity contribution in [1.29, 1.82) is 0 Å². The molecule has 45 heavy (non-hydrogen) atoms. The van der Waals surface area contributed by atoms with Gasteiger partial charge in [-0.1, -0.05) is 54.6 Å². The smallest absolute Gasteiger partial charge is 0.304 e. The lowest BCUT2D eigenvalue weighted by atomic mass is 9.90. The molecule has 3 rings (SSSR count). The lowest BCUT2D eigenvalue weighted by Gasteiger charge is -2.23. The SMILES string of the molecule is NC(=O)[C@H](CCCC(=O)O)CC(=O)[C@H](CCC(=O)O)NC(=O)[C@@H](CC(=O)O)Cc1ccc(-c2cc(-c3ccccc3)cs2)cc1. The summed E-state index contributed by atoms with van der Waals surface area (Å²) in [5, 5.41) is 32.1. The predicted molar refractivity (Wildman–Crippen MR) is 167 cm³/mol. The van der Waals surface area contributed by atoms with Gasteiger partial charge in [-0.15, -0.1) is 11.3 Å². The Balaban J connectivity index is 1.72. The molecule has 12 heteroatoms. The molecule has 11 nitrogen and oxygen atoms in total. The number of aliphatic carboxylic acids is 3. The fourth-order valence-corrected chi connectivity index (χ4v) is 5.85. The van der Waals surface area contributed by atoms with E-state index in [1.54, 1.807) is 23.5 Å². The molecular weight excluding hydrogens is 600 g/mol. The summed E-state index contributed by atoms with van der Waals surface area (Å²) in [7, 11) is 0. The van der Waals surface area contributed by atoms with E-state index in [-0.39, 0.29) is 32.1 Å². The zero-order chi connectivity index (χ0) is 32.9. The number of nitrogens with two attached hydrogens (primary N) is 1. The van der Waals surface area contributed by atoms with Crippen molar-refractivity contribution >= 4 is 46.8 Å². The summed E-state index contributed by atoms with van der Waals surface area (Å²) in [4.78, 5) is 73.1. The van der Waals surface area contributed by atoms with Crippen LogP contribution in [-0.4, -0.2) is 56.9 Å². The highest BCUT2D eigenvalue weighted by molar-refractivity contribution is 7.14. The average molecular weight is 637 g/mol. The summed E-state index contributed by atoms with van der Waals surface area (Å²) in [5.74, 6) is -7.77. The third kappa shape index (κ3) is 11.3. The normalized spacial score (nSPS) is 12.9. The van der Waals surface area contributed by atoms with Gasteiger partial charge >= 0.3 is 17.9 Å². The van der Waals surface area contributed by atoms with Gasteiger partial charge in [0.25, 0.3) is 0 Å². The van der Waals surface area contributed by atoms with Crippen molar-refractivity contribution in [2.75, 3.05) is 0 Å². The van der Waals surface area contributed by atoms with Crippen LogP contribution in [0.25, 0.3) is 21.6 Å². The first-order valence-electron chi connectivity index (χ1n) is 14.4. The number of ketones is 1. The molecule has 0 saturated heterocycles. The number of Topliss-reactive ketones (excluding diaryl/α,β-unsaturated/α-hetero) is 1. The van der Waals surface area contributed by atoms with Gasteiger partial charge in [-0.3, -0.25) is 28.8 Å². The molecule has 238 valence electrons. The number of benzene rings is 2. The zero-order valence-corrected chi connectivity index (χ0v) is 25.3. The summed E-state index contributed by atoms with van der Waals surface area (Å²) in [6, 6.07) is 18.1. The van der Waals surface area contributed by atoms with E-state index >= 15 is 0 Å². The molecule has 0 fully saturated rings. The first-order chi connectivity index (χ1) is 21.4. The molecule has 1 heterocycles. The van der Waals surface area contributed by atoms with E-state index in [1.165, 1.54) is 0 Å². The number of hydrogen-bond acceptors (Lipinski definition) is 7. The van der Waals surface area contributed by atoms with Crippen LogP contribution < -0.4 is 11.1 Å². The number of nitrogens with one attached hydrogen (secondary N) is 1. The quantitative estimate of drug-likeness (QED) is 0.127.